The van der Waals surface area contributed by atoms with Crippen molar-refractivity contribution in [1.82, 2.24) is 25.1 Å². The number of rotatable bonds is 6. The number of nitrogens with one attached hydrogen (secondary N) is 2. The molecule has 5 aromatic rings. The maximum absolute atomic E-state index is 11.3. The number of benzene rings is 3. The van der Waals surface area contributed by atoms with Gasteiger partial charge in [0.25, 0.3) is 0 Å². The summed E-state index contributed by atoms with van der Waals surface area (Å²) in [5.41, 5.74) is 8.23. The molecule has 0 bridgehead atoms. The first-order chi connectivity index (χ1) is 19.5. The lowest BCUT2D eigenvalue weighted by Gasteiger charge is -2.34. The molecule has 0 atom stereocenters. The fourth-order valence-corrected chi connectivity index (χ4v) is 4.96. The topological polar surface area (TPSA) is 90.0 Å². The molecule has 0 spiro atoms. The monoisotopic (exact) mass is 529 g/mol. The smallest absolute Gasteiger partial charge is 0.229 e. The zero-order valence-corrected chi connectivity index (χ0v) is 22.6. The molecule has 1 saturated heterocycles. The first-order valence-corrected chi connectivity index (χ1v) is 13.4. The average Bonchev–Trinajstić information content (AvgIpc) is 3.39. The minimum atomic E-state index is -0.206. The fourth-order valence-electron chi connectivity index (χ4n) is 4.96. The van der Waals surface area contributed by atoms with Crippen LogP contribution in [-0.2, 0) is 4.79 Å². The maximum atomic E-state index is 11.3. The van der Waals surface area contributed by atoms with E-state index in [0.29, 0.717) is 0 Å². The number of aromatic nitrogens is 4. The van der Waals surface area contributed by atoms with E-state index in [9.17, 15) is 4.79 Å². The van der Waals surface area contributed by atoms with Gasteiger partial charge in [-0.05, 0) is 60.1 Å². The molecule has 8 heteroatoms. The predicted molar refractivity (Wildman–Crippen MR) is 162 cm³/mol. The molecular formula is C32H31N7O. The lowest BCUT2D eigenvalue weighted by atomic mass is 10.0. The average molecular weight is 530 g/mol. The summed E-state index contributed by atoms with van der Waals surface area (Å²) >= 11 is 0. The van der Waals surface area contributed by atoms with Gasteiger partial charge in [-0.1, -0.05) is 48.5 Å². The van der Waals surface area contributed by atoms with Gasteiger partial charge in [0.2, 0.25) is 11.9 Å². The molecule has 3 heterocycles. The number of likely N-dealkylation sites (N-methyl/N-ethyl adjacent to an activating group) is 1. The number of piperazine rings is 1. The third-order valence-electron chi connectivity index (χ3n) is 7.24. The molecule has 0 aliphatic carbocycles. The van der Waals surface area contributed by atoms with Gasteiger partial charge in [0, 0.05) is 55.9 Å². The molecule has 2 N–H and O–H groups in total. The number of H-pyrrole nitrogens is 1. The Kier molecular flexibility index (Phi) is 7.08. The van der Waals surface area contributed by atoms with Crippen LogP contribution in [0, 0.1) is 0 Å². The highest BCUT2D eigenvalue weighted by Crippen LogP contribution is 2.27. The van der Waals surface area contributed by atoms with Crippen molar-refractivity contribution in [2.24, 2.45) is 0 Å². The number of fused-ring (bicyclic) bond motifs is 1. The summed E-state index contributed by atoms with van der Waals surface area (Å²) in [6.07, 6.45) is 5.74. The molecule has 3 aromatic carbocycles. The molecule has 1 amide bonds. The van der Waals surface area contributed by atoms with E-state index in [2.05, 4.69) is 96.9 Å². The second-order valence-electron chi connectivity index (χ2n) is 10.1. The van der Waals surface area contributed by atoms with Crippen molar-refractivity contribution in [3.63, 3.8) is 0 Å². The number of carbonyl (C=O) groups excluding carboxylic acids is 1. The minimum Gasteiger partial charge on any atom is -0.369 e. The molecule has 200 valence electrons. The van der Waals surface area contributed by atoms with Crippen molar-refractivity contribution in [2.45, 2.75) is 6.92 Å². The quantitative estimate of drug-likeness (QED) is 0.299. The van der Waals surface area contributed by atoms with Gasteiger partial charge >= 0.3 is 0 Å². The molecule has 1 aliphatic heterocycles. The molecule has 0 unspecified atom stereocenters. The highest BCUT2D eigenvalue weighted by molar-refractivity contribution is 5.92. The largest absolute Gasteiger partial charge is 0.369 e. The van der Waals surface area contributed by atoms with Gasteiger partial charge in [-0.3, -0.25) is 15.2 Å². The Labute approximate surface area is 233 Å². The van der Waals surface area contributed by atoms with Gasteiger partial charge in [0.1, 0.15) is 0 Å². The molecule has 1 aliphatic rings. The van der Waals surface area contributed by atoms with Gasteiger partial charge in [-0.15, -0.1) is 0 Å². The Hall–Kier alpha value is -4.82. The summed E-state index contributed by atoms with van der Waals surface area (Å²) in [5, 5.41) is 11.3. The van der Waals surface area contributed by atoms with Crippen molar-refractivity contribution >= 4 is 40.6 Å². The van der Waals surface area contributed by atoms with Crippen molar-refractivity contribution in [1.29, 1.82) is 0 Å². The van der Waals surface area contributed by atoms with Crippen LogP contribution in [0.3, 0.4) is 0 Å². The lowest BCUT2D eigenvalue weighted by Crippen LogP contribution is -2.44. The van der Waals surface area contributed by atoms with Crippen LogP contribution in [0.15, 0.2) is 79.0 Å². The van der Waals surface area contributed by atoms with Gasteiger partial charge in [-0.25, -0.2) is 9.97 Å². The van der Waals surface area contributed by atoms with Crippen LogP contribution < -0.4 is 10.2 Å². The number of aromatic amines is 1. The second kappa shape index (κ2) is 11.1. The highest BCUT2D eigenvalue weighted by Gasteiger charge is 2.14. The zero-order chi connectivity index (χ0) is 27.5. The van der Waals surface area contributed by atoms with E-state index < -0.39 is 0 Å². The van der Waals surface area contributed by atoms with Crippen LogP contribution in [0.1, 0.15) is 18.2 Å². The maximum Gasteiger partial charge on any atom is 0.229 e. The van der Waals surface area contributed by atoms with E-state index in [1.807, 2.05) is 30.3 Å². The Morgan fingerprint density at radius 2 is 1.57 bits per heavy atom. The summed E-state index contributed by atoms with van der Waals surface area (Å²) in [7, 11) is 2.18. The van der Waals surface area contributed by atoms with E-state index in [1.54, 1.807) is 6.20 Å². The molecule has 6 rings (SSSR count). The Bertz CT molecular complexity index is 1660. The standard InChI is InChI=1S/C32H31N7O/c1-22(40)34-32-33-16-15-29(35-32)26-10-13-28-30(36-37-31(28)21-26)14-5-23-3-6-24(7-4-23)25-8-11-27(12-9-25)39-19-17-38(2)18-20-39/h3-16,21H,17-20H2,1-2H3,(H,36,37)(H,33,34,35,40)/b14-5+. The van der Waals surface area contributed by atoms with Gasteiger partial charge in [-0.2, -0.15) is 5.10 Å². The van der Waals surface area contributed by atoms with Crippen molar-refractivity contribution < 1.29 is 4.79 Å². The molecule has 0 saturated carbocycles. The summed E-state index contributed by atoms with van der Waals surface area (Å²) in [6, 6.07) is 25.3. The first-order valence-electron chi connectivity index (χ1n) is 13.4. The van der Waals surface area contributed by atoms with Crippen LogP contribution in [0.5, 0.6) is 0 Å². The predicted octanol–water partition coefficient (Wildman–Crippen LogP) is 5.57. The second-order valence-corrected chi connectivity index (χ2v) is 10.1. The summed E-state index contributed by atoms with van der Waals surface area (Å²) in [5.74, 6) is 0.0784. The van der Waals surface area contributed by atoms with Crippen LogP contribution in [0.4, 0.5) is 11.6 Å². The van der Waals surface area contributed by atoms with Crippen LogP contribution >= 0.6 is 0 Å². The molecular weight excluding hydrogens is 498 g/mol. The van der Waals surface area contributed by atoms with Gasteiger partial charge in [0.05, 0.1) is 16.9 Å². The third kappa shape index (κ3) is 5.62. The summed E-state index contributed by atoms with van der Waals surface area (Å²) < 4.78 is 0. The van der Waals surface area contributed by atoms with Crippen LogP contribution in [0.2, 0.25) is 0 Å². The van der Waals surface area contributed by atoms with Crippen molar-refractivity contribution in [3.8, 4) is 22.4 Å². The number of hydrogen-bond acceptors (Lipinski definition) is 6. The summed E-state index contributed by atoms with van der Waals surface area (Å²) in [4.78, 5) is 24.7. The van der Waals surface area contributed by atoms with Gasteiger partial charge in [0.15, 0.2) is 0 Å². The van der Waals surface area contributed by atoms with Crippen molar-refractivity contribution in [3.05, 3.63) is 90.3 Å². The first kappa shape index (κ1) is 25.5. The molecule has 1 fully saturated rings. The van der Waals surface area contributed by atoms with Crippen molar-refractivity contribution in [2.75, 3.05) is 43.4 Å². The SMILES string of the molecule is CC(=O)Nc1nccc(-c2ccc3c(/C=C/c4ccc(-c5ccc(N6CCN(C)CC6)cc5)cc4)n[nH]c3c2)n1. The van der Waals surface area contributed by atoms with E-state index in [0.717, 1.165) is 59.6 Å². The summed E-state index contributed by atoms with van der Waals surface area (Å²) in [6.45, 7) is 5.80. The van der Waals surface area contributed by atoms with E-state index in [1.165, 1.54) is 23.7 Å². The molecule has 2 aromatic heterocycles. The number of hydrogen-bond donors (Lipinski definition) is 2. The van der Waals surface area contributed by atoms with Crippen LogP contribution in [0.25, 0.3) is 45.4 Å². The highest BCUT2D eigenvalue weighted by atomic mass is 16.1. The zero-order valence-electron chi connectivity index (χ0n) is 22.6. The number of nitrogens with zero attached hydrogens (tertiary/aromatic N) is 5. The Morgan fingerprint density at radius 1 is 0.875 bits per heavy atom. The normalized spacial score (nSPS) is 14.2. The number of amides is 1. The van der Waals surface area contributed by atoms with Crippen LogP contribution in [-0.4, -0.2) is 64.2 Å². The third-order valence-corrected chi connectivity index (χ3v) is 7.24. The van der Waals surface area contributed by atoms with Gasteiger partial charge < -0.3 is 9.80 Å². The Balaban J connectivity index is 1.14. The molecule has 40 heavy (non-hydrogen) atoms. The van der Waals surface area contributed by atoms with E-state index in [-0.39, 0.29) is 11.9 Å². The fraction of sp³-hybridized carbons (Fsp3) is 0.188. The number of anilines is 2. The minimum absolute atomic E-state index is 0.206. The Morgan fingerprint density at radius 3 is 2.30 bits per heavy atom. The number of carbonyl (C=O) groups is 1. The van der Waals surface area contributed by atoms with E-state index in [4.69, 9.17) is 0 Å². The van der Waals surface area contributed by atoms with E-state index >= 15 is 0 Å². The molecule has 8 nitrogen and oxygen atoms in total. The molecule has 0 radical (unpaired) electrons. The lowest BCUT2D eigenvalue weighted by molar-refractivity contribution is -0.114.